The van der Waals surface area contributed by atoms with Gasteiger partial charge in [0.2, 0.25) is 0 Å². The average molecular weight is 1330 g/mol. The van der Waals surface area contributed by atoms with E-state index in [0.717, 1.165) is 0 Å². The third-order valence-electron chi connectivity index (χ3n) is 0. The maximum atomic E-state index is 8.56. The summed E-state index contributed by atoms with van der Waals surface area (Å²) in [7, 11) is 0. The van der Waals surface area contributed by atoms with Gasteiger partial charge < -0.3 is 201 Å². The first-order valence-electron chi connectivity index (χ1n) is 10.4. The Morgan fingerprint density at radius 1 is 0.104 bits per heavy atom. The predicted molar refractivity (Wildman–Crippen MR) is 274 cm³/mol. The molecule has 0 unspecified atom stereocenters. The van der Waals surface area contributed by atoms with E-state index in [9.17, 15) is 0 Å². The van der Waals surface area contributed by atoms with Crippen LogP contribution in [-0.2, 0) is 0 Å². The molecule has 0 aromatic heterocycles. The maximum Gasteiger partial charge on any atom is 2.00 e. The summed E-state index contributed by atoms with van der Waals surface area (Å²) in [5.41, 5.74) is 0. The molecule has 0 aliphatic rings. The first kappa shape index (κ1) is 194. The number of carboxylic acid groups (broad SMARTS) is 32. The van der Waals surface area contributed by atoms with E-state index in [1.165, 1.54) is 0 Å². The van der Waals surface area contributed by atoms with Crippen LogP contribution in [0.15, 0.2) is 0 Å². The monoisotopic (exact) mass is 1330 g/mol. The van der Waals surface area contributed by atoms with Crippen LogP contribution >= 0.6 is 0 Å². The van der Waals surface area contributed by atoms with Crippen molar-refractivity contribution in [1.29, 1.82) is 0 Å². The van der Waals surface area contributed by atoms with E-state index in [1.54, 1.807) is 0 Å². The molecule has 0 saturated carbocycles. The fourth-order valence-electron chi connectivity index (χ4n) is 0. The van der Waals surface area contributed by atoms with E-state index >= 15 is 0 Å². The fourth-order valence-corrected chi connectivity index (χ4v) is 0. The molecule has 0 rings (SSSR count). The molecule has 0 saturated heterocycles. The van der Waals surface area contributed by atoms with Crippen LogP contribution in [0, 0.1) is 0 Å². The second-order valence-electron chi connectivity index (χ2n) is 4.52. The molecule has 0 aliphatic heterocycles. The molecule has 0 amide bonds. The van der Waals surface area contributed by atoms with Crippen LogP contribution in [0.5, 0.6) is 0 Å². The Balaban J connectivity index is -0.00000000439. The van der Waals surface area contributed by atoms with Crippen LogP contribution in [0.2, 0.25) is 0 Å². The smallest absolute Gasteiger partial charge is 1.00 e. The standard InChI is InChI=1S/16CH2O3.13Mg.26H/c16*2-1(3)4;;;;;;;;;;;;;;;;;;;;;;;;;;;;;;;;;;;;;;;/h16*(H2,2,3,4);;;;;;;;;;;;;;;;;;;;;;;;;;;;;;;;;;;;;;;/q;;;;;;;;;;;;;;;;13*+2;26*-1. The van der Waals surface area contributed by atoms with Gasteiger partial charge in [-0.25, -0.2) is 76.7 Å². The minimum atomic E-state index is -1.83. The molecule has 436 valence electrons. The van der Waals surface area contributed by atoms with Crippen LogP contribution in [0.1, 0.15) is 37.1 Å². The molecule has 0 fully saturated rings. The summed E-state index contributed by atoms with van der Waals surface area (Å²) in [6, 6.07) is 0. The Morgan fingerprint density at radius 2 is 0.104 bits per heavy atom. The van der Waals surface area contributed by atoms with Gasteiger partial charge in [0.05, 0.1) is 0 Å². The van der Waals surface area contributed by atoms with Crippen molar-refractivity contribution in [2.75, 3.05) is 0 Å². The molecule has 0 heterocycles. The summed E-state index contributed by atoms with van der Waals surface area (Å²) in [5, 5.41) is 223. The molecule has 0 spiro atoms. The van der Waals surface area contributed by atoms with Gasteiger partial charge in [-0.3, -0.25) is 0 Å². The molecule has 0 aliphatic carbocycles. The van der Waals surface area contributed by atoms with Crippen molar-refractivity contribution in [2.45, 2.75) is 0 Å². The van der Waals surface area contributed by atoms with Crippen LogP contribution in [0.25, 0.3) is 0 Å². The number of carbonyl (C=O) groups is 16. The molecule has 0 aromatic rings. The van der Waals surface area contributed by atoms with Gasteiger partial charge in [-0.05, 0) is 0 Å². The maximum absolute atomic E-state index is 8.56. The summed E-state index contributed by atoms with van der Waals surface area (Å²) in [4.78, 5) is 137. The van der Waals surface area contributed by atoms with E-state index in [1.807, 2.05) is 0 Å². The summed E-state index contributed by atoms with van der Waals surface area (Å²) >= 11 is 0. The van der Waals surface area contributed by atoms with Crippen LogP contribution in [-0.4, -0.2) is 562 Å². The fraction of sp³-hybridized carbons (Fsp3) is 0. The van der Waals surface area contributed by atoms with E-state index in [4.69, 9.17) is 240 Å². The molecule has 48 nitrogen and oxygen atoms in total. The van der Waals surface area contributed by atoms with Gasteiger partial charge in [0.15, 0.2) is 0 Å². The first-order valence-corrected chi connectivity index (χ1v) is 10.4. The van der Waals surface area contributed by atoms with Crippen molar-refractivity contribution in [3.8, 4) is 0 Å². The van der Waals surface area contributed by atoms with Crippen molar-refractivity contribution < 1.29 is 277 Å². The van der Waals surface area contributed by atoms with E-state index in [0.29, 0.717) is 0 Å². The molecule has 0 aromatic carbocycles. The third kappa shape index (κ3) is 131000. The molecule has 0 bridgehead atoms. The zero-order chi connectivity index (χ0) is 57.2. The average Bonchev–Trinajstić information content (AvgIpc) is 2.83. The molecular weight excluding hydrogens is 1280 g/mol. The normalized spacial score (nSPS) is 4.99. The largest absolute Gasteiger partial charge is 2.00 e. The number of hydrogen-bond donors (Lipinski definition) is 32. The molecular formula is C16H58Mg13O48. The summed E-state index contributed by atoms with van der Waals surface area (Å²) in [5.74, 6) is 0. The Labute approximate surface area is 667 Å². The van der Waals surface area contributed by atoms with Crippen LogP contribution in [0.3, 0.4) is 0 Å². The van der Waals surface area contributed by atoms with E-state index in [-0.39, 0.29) is 337 Å². The second kappa shape index (κ2) is 186. The van der Waals surface area contributed by atoms with Crippen LogP contribution < -0.4 is 0 Å². The Morgan fingerprint density at radius 3 is 0.104 bits per heavy atom. The van der Waals surface area contributed by atoms with Gasteiger partial charge in [0.1, 0.15) is 0 Å². The topological polar surface area (TPSA) is 920 Å². The quantitative estimate of drug-likeness (QED) is 0.153. The van der Waals surface area contributed by atoms with Crippen molar-refractivity contribution in [3.63, 3.8) is 0 Å². The van der Waals surface area contributed by atoms with Gasteiger partial charge in [-0.15, -0.1) is 0 Å². The van der Waals surface area contributed by atoms with Crippen molar-refractivity contribution in [3.05, 3.63) is 0 Å². The van der Waals surface area contributed by atoms with Crippen LogP contribution in [0.4, 0.5) is 76.7 Å². The molecule has 77 heavy (non-hydrogen) atoms. The molecule has 32 N–H and O–H groups in total. The van der Waals surface area contributed by atoms with Crippen molar-refractivity contribution in [1.82, 2.24) is 0 Å². The summed E-state index contributed by atoms with van der Waals surface area (Å²) < 4.78 is 0. The summed E-state index contributed by atoms with van der Waals surface area (Å²) in [6.07, 6.45) is -29.3. The number of hydrogen-bond acceptors (Lipinski definition) is 16. The van der Waals surface area contributed by atoms with E-state index in [2.05, 4.69) is 0 Å². The predicted octanol–water partition coefficient (Wildman–Crippen LogP) is 1.53. The van der Waals surface area contributed by atoms with Crippen molar-refractivity contribution in [2.24, 2.45) is 0 Å². The van der Waals surface area contributed by atoms with E-state index < -0.39 is 98.5 Å². The molecule has 61 heteroatoms. The zero-order valence-corrected chi connectivity index (χ0v) is 56.4. The number of rotatable bonds is 0. The minimum absolute atomic E-state index is 0. The Bertz CT molecular complexity index is 939. The zero-order valence-electron chi connectivity index (χ0n) is 64.0. The Hall–Kier alpha value is -1.72. The summed E-state index contributed by atoms with van der Waals surface area (Å²) in [6.45, 7) is 0. The molecule has 0 radical (unpaired) electrons. The molecule has 0 atom stereocenters. The second-order valence-corrected chi connectivity index (χ2v) is 4.52. The van der Waals surface area contributed by atoms with Gasteiger partial charge in [-0.1, -0.05) is 0 Å². The minimum Gasteiger partial charge on any atom is -1.00 e. The third-order valence-corrected chi connectivity index (χ3v) is 0. The Kier molecular flexibility index (Phi) is 469. The first-order chi connectivity index (χ1) is 27.7. The van der Waals surface area contributed by atoms with Gasteiger partial charge >= 0.3 is 398 Å². The van der Waals surface area contributed by atoms with Gasteiger partial charge in [-0.2, -0.15) is 0 Å². The van der Waals surface area contributed by atoms with Gasteiger partial charge in [0, 0.05) is 0 Å². The van der Waals surface area contributed by atoms with Gasteiger partial charge in [0.25, 0.3) is 0 Å². The SMILES string of the molecule is O=C(O)O.O=C(O)O.O=C(O)O.O=C(O)O.O=C(O)O.O=C(O)O.O=C(O)O.O=C(O)O.O=C(O)O.O=C(O)O.O=C(O)O.O=C(O)O.O=C(O)O.O=C(O)O.O=C(O)O.O=C(O)O.[H-].[H-].[H-].[H-].[H-].[H-].[H-].[H-].[H-].[H-].[H-].[H-].[H-].[H-].[H-].[H-].[H-].[H-].[H-].[H-].[H-].[H-].[H-].[H-].[H-].[H-].[Mg+2].[Mg+2].[Mg+2].[Mg+2].[Mg+2].[Mg+2].[Mg+2].[Mg+2].[Mg+2].[Mg+2].[Mg+2].[Mg+2].[Mg+2]. The van der Waals surface area contributed by atoms with Crippen molar-refractivity contribution >= 4 is 398 Å².